The number of rotatable bonds is 9. The lowest BCUT2D eigenvalue weighted by Crippen LogP contribution is -2.25. The first-order valence-corrected chi connectivity index (χ1v) is 11.6. The normalized spacial score (nSPS) is 11.3. The van der Waals surface area contributed by atoms with Crippen molar-refractivity contribution in [3.63, 3.8) is 0 Å². The standard InChI is InChI=1S/C19H19ClN4O4S2/c1-28-16-11-5-2-7-13(16)8-6-12-21-30(26,27)19-24-23-18(29-19)22-17(25)14-9-3-4-10-15(14)20/h2-5,7,9-11,21H,6,8,12H2,1H3,(H,22,23,25). The van der Waals surface area contributed by atoms with Crippen molar-refractivity contribution in [2.45, 2.75) is 17.2 Å². The Balaban J connectivity index is 1.56. The second-order valence-corrected chi connectivity index (χ2v) is 9.45. The Bertz CT molecular complexity index is 1130. The van der Waals surface area contributed by atoms with E-state index in [1.807, 2.05) is 24.3 Å². The third kappa shape index (κ3) is 5.54. The number of benzene rings is 2. The minimum Gasteiger partial charge on any atom is -0.496 e. The molecule has 30 heavy (non-hydrogen) atoms. The number of aromatic nitrogens is 2. The third-order valence-corrected chi connectivity index (χ3v) is 7.08. The lowest BCUT2D eigenvalue weighted by Gasteiger charge is -2.08. The molecule has 0 aliphatic carbocycles. The summed E-state index contributed by atoms with van der Waals surface area (Å²) in [5, 5.41) is 10.3. The molecule has 3 aromatic rings. The highest BCUT2D eigenvalue weighted by Crippen LogP contribution is 2.22. The number of halogens is 1. The van der Waals surface area contributed by atoms with E-state index in [0.29, 0.717) is 12.8 Å². The van der Waals surface area contributed by atoms with Gasteiger partial charge in [0, 0.05) is 6.54 Å². The highest BCUT2D eigenvalue weighted by molar-refractivity contribution is 7.91. The van der Waals surface area contributed by atoms with Crippen molar-refractivity contribution in [2.75, 3.05) is 19.0 Å². The fourth-order valence-corrected chi connectivity index (χ4v) is 4.87. The van der Waals surface area contributed by atoms with Crippen molar-refractivity contribution in [3.05, 3.63) is 64.7 Å². The number of nitrogens with one attached hydrogen (secondary N) is 2. The molecule has 8 nitrogen and oxygen atoms in total. The van der Waals surface area contributed by atoms with Crippen molar-refractivity contribution >= 4 is 44.0 Å². The van der Waals surface area contributed by atoms with Gasteiger partial charge in [0.2, 0.25) is 9.47 Å². The highest BCUT2D eigenvalue weighted by atomic mass is 35.5. The molecule has 0 bridgehead atoms. The van der Waals surface area contributed by atoms with Crippen LogP contribution in [0, 0.1) is 0 Å². The Kier molecular flexibility index (Phi) is 7.38. The second kappa shape index (κ2) is 9.98. The number of para-hydroxylation sites is 1. The molecule has 3 rings (SSSR count). The molecule has 2 N–H and O–H groups in total. The van der Waals surface area contributed by atoms with Gasteiger partial charge in [0.25, 0.3) is 15.9 Å². The molecule has 0 aliphatic rings. The zero-order valence-electron chi connectivity index (χ0n) is 16.0. The Morgan fingerprint density at radius 3 is 2.63 bits per heavy atom. The van der Waals surface area contributed by atoms with E-state index in [0.717, 1.165) is 22.6 Å². The summed E-state index contributed by atoms with van der Waals surface area (Å²) in [6, 6.07) is 14.1. The van der Waals surface area contributed by atoms with Gasteiger partial charge in [-0.1, -0.05) is 53.3 Å². The predicted octanol–water partition coefficient (Wildman–Crippen LogP) is 3.36. The molecule has 0 atom stereocenters. The van der Waals surface area contributed by atoms with Gasteiger partial charge in [-0.05, 0) is 36.6 Å². The summed E-state index contributed by atoms with van der Waals surface area (Å²) in [7, 11) is -2.24. The van der Waals surface area contributed by atoms with Gasteiger partial charge in [-0.25, -0.2) is 13.1 Å². The number of aryl methyl sites for hydroxylation is 1. The predicted molar refractivity (Wildman–Crippen MR) is 116 cm³/mol. The molecule has 0 spiro atoms. The van der Waals surface area contributed by atoms with Crippen LogP contribution in [0.3, 0.4) is 0 Å². The summed E-state index contributed by atoms with van der Waals surface area (Å²) in [6.45, 7) is 0.223. The van der Waals surface area contributed by atoms with Gasteiger partial charge in [0.1, 0.15) is 5.75 Å². The minimum atomic E-state index is -3.83. The maximum atomic E-state index is 12.4. The number of sulfonamides is 1. The van der Waals surface area contributed by atoms with E-state index in [9.17, 15) is 13.2 Å². The van der Waals surface area contributed by atoms with E-state index < -0.39 is 15.9 Å². The monoisotopic (exact) mass is 466 g/mol. The number of amides is 1. The third-order valence-electron chi connectivity index (χ3n) is 4.08. The van der Waals surface area contributed by atoms with Gasteiger partial charge >= 0.3 is 0 Å². The first-order valence-electron chi connectivity index (χ1n) is 8.91. The van der Waals surface area contributed by atoms with Gasteiger partial charge in [-0.2, -0.15) is 0 Å². The Labute approximate surface area is 183 Å². The minimum absolute atomic E-state index is 0.0642. The number of ether oxygens (including phenoxy) is 1. The van der Waals surface area contributed by atoms with Crippen molar-refractivity contribution < 1.29 is 17.9 Å². The number of methoxy groups -OCH3 is 1. The number of hydrogen-bond donors (Lipinski definition) is 2. The molecular weight excluding hydrogens is 448 g/mol. The van der Waals surface area contributed by atoms with Crippen LogP contribution in [-0.2, 0) is 16.4 Å². The lowest BCUT2D eigenvalue weighted by atomic mass is 10.1. The van der Waals surface area contributed by atoms with Crippen molar-refractivity contribution in [3.8, 4) is 5.75 Å². The van der Waals surface area contributed by atoms with Crippen LogP contribution in [0.15, 0.2) is 52.9 Å². The van der Waals surface area contributed by atoms with Gasteiger partial charge in [0.05, 0.1) is 17.7 Å². The molecule has 0 radical (unpaired) electrons. The summed E-state index contributed by atoms with van der Waals surface area (Å²) < 4.78 is 32.4. The maximum Gasteiger partial charge on any atom is 0.269 e. The molecule has 11 heteroatoms. The van der Waals surface area contributed by atoms with E-state index >= 15 is 0 Å². The van der Waals surface area contributed by atoms with Gasteiger partial charge in [0.15, 0.2) is 0 Å². The lowest BCUT2D eigenvalue weighted by molar-refractivity contribution is 0.102. The zero-order valence-corrected chi connectivity index (χ0v) is 18.4. The van der Waals surface area contributed by atoms with Crippen LogP contribution < -0.4 is 14.8 Å². The van der Waals surface area contributed by atoms with Gasteiger partial charge in [-0.15, -0.1) is 10.2 Å². The van der Waals surface area contributed by atoms with Crippen LogP contribution in [0.1, 0.15) is 22.3 Å². The summed E-state index contributed by atoms with van der Waals surface area (Å²) >= 11 is 6.75. The van der Waals surface area contributed by atoms with Crippen LogP contribution >= 0.6 is 22.9 Å². The molecule has 1 heterocycles. The largest absolute Gasteiger partial charge is 0.496 e. The molecule has 158 valence electrons. The number of anilines is 1. The average molecular weight is 467 g/mol. The molecule has 1 amide bonds. The number of carbonyl (C=O) groups excluding carboxylic acids is 1. The summed E-state index contributed by atoms with van der Waals surface area (Å²) in [5.74, 6) is 0.272. The fraction of sp³-hybridized carbons (Fsp3) is 0.211. The molecular formula is C19H19ClN4O4S2. The van der Waals surface area contributed by atoms with E-state index in [2.05, 4.69) is 20.2 Å². The molecule has 2 aromatic carbocycles. The highest BCUT2D eigenvalue weighted by Gasteiger charge is 2.21. The SMILES string of the molecule is COc1ccccc1CCCNS(=O)(=O)c1nnc(NC(=O)c2ccccc2Cl)s1. The van der Waals surface area contributed by atoms with Crippen LogP contribution in [0.4, 0.5) is 5.13 Å². The number of hydrogen-bond acceptors (Lipinski definition) is 7. The van der Waals surface area contributed by atoms with Gasteiger partial charge in [-0.3, -0.25) is 10.1 Å². The molecule has 0 saturated carbocycles. The molecule has 1 aromatic heterocycles. The first kappa shape index (κ1) is 22.2. The molecule has 0 aliphatic heterocycles. The van der Waals surface area contributed by atoms with E-state index in [4.69, 9.17) is 16.3 Å². The first-order chi connectivity index (χ1) is 14.4. The quantitative estimate of drug-likeness (QED) is 0.369. The maximum absolute atomic E-state index is 12.4. The van der Waals surface area contributed by atoms with Crippen molar-refractivity contribution in [2.24, 2.45) is 0 Å². The van der Waals surface area contributed by atoms with Crippen molar-refractivity contribution in [1.82, 2.24) is 14.9 Å². The Hall–Kier alpha value is -2.53. The summed E-state index contributed by atoms with van der Waals surface area (Å²) in [4.78, 5) is 12.3. The van der Waals surface area contributed by atoms with E-state index in [1.54, 1.807) is 31.4 Å². The van der Waals surface area contributed by atoms with Crippen LogP contribution in [-0.4, -0.2) is 38.2 Å². The van der Waals surface area contributed by atoms with Crippen molar-refractivity contribution in [1.29, 1.82) is 0 Å². The second-order valence-electron chi connectivity index (χ2n) is 6.12. The number of nitrogens with zero attached hydrogens (tertiary/aromatic N) is 2. The molecule has 0 saturated heterocycles. The number of carbonyl (C=O) groups is 1. The average Bonchev–Trinajstić information content (AvgIpc) is 3.21. The zero-order chi connectivity index (χ0) is 21.6. The Morgan fingerprint density at radius 1 is 1.13 bits per heavy atom. The van der Waals surface area contributed by atoms with E-state index in [1.165, 1.54) is 0 Å². The summed E-state index contributed by atoms with van der Waals surface area (Å²) in [6.07, 6.45) is 1.23. The summed E-state index contributed by atoms with van der Waals surface area (Å²) in [5.41, 5.74) is 1.26. The molecule has 0 fully saturated rings. The topological polar surface area (TPSA) is 110 Å². The smallest absolute Gasteiger partial charge is 0.269 e. The van der Waals surface area contributed by atoms with Crippen LogP contribution in [0.5, 0.6) is 5.75 Å². The van der Waals surface area contributed by atoms with Crippen LogP contribution in [0.2, 0.25) is 5.02 Å². The van der Waals surface area contributed by atoms with Gasteiger partial charge < -0.3 is 4.74 Å². The Morgan fingerprint density at radius 2 is 1.87 bits per heavy atom. The van der Waals surface area contributed by atoms with E-state index in [-0.39, 0.29) is 26.6 Å². The molecule has 0 unspecified atom stereocenters. The fourth-order valence-electron chi connectivity index (χ4n) is 2.64. The van der Waals surface area contributed by atoms with Crippen LogP contribution in [0.25, 0.3) is 0 Å².